The van der Waals surface area contributed by atoms with Crippen LogP contribution < -0.4 is 5.32 Å². The average molecular weight is 277 g/mol. The SMILES string of the molecule is CC(=O)Nc1cccc(-c2ccc3cc(O)ccc3c2)c1. The highest BCUT2D eigenvalue weighted by Gasteiger charge is 2.03. The summed E-state index contributed by atoms with van der Waals surface area (Å²) < 4.78 is 0. The number of fused-ring (bicyclic) bond motifs is 1. The van der Waals surface area contributed by atoms with Crippen LogP contribution in [0.3, 0.4) is 0 Å². The quantitative estimate of drug-likeness (QED) is 0.738. The summed E-state index contributed by atoms with van der Waals surface area (Å²) in [4.78, 5) is 11.1. The Morgan fingerprint density at radius 3 is 2.43 bits per heavy atom. The fourth-order valence-corrected chi connectivity index (χ4v) is 2.39. The molecule has 0 aliphatic heterocycles. The molecule has 0 radical (unpaired) electrons. The van der Waals surface area contributed by atoms with Gasteiger partial charge in [0.2, 0.25) is 5.91 Å². The predicted octanol–water partition coefficient (Wildman–Crippen LogP) is 4.17. The Hall–Kier alpha value is -2.81. The van der Waals surface area contributed by atoms with Crippen LogP contribution in [-0.2, 0) is 4.79 Å². The number of amides is 1. The van der Waals surface area contributed by atoms with E-state index in [4.69, 9.17) is 0 Å². The number of phenolic OH excluding ortho intramolecular Hbond substituents is 1. The summed E-state index contributed by atoms with van der Waals surface area (Å²) in [5.41, 5.74) is 2.89. The van der Waals surface area contributed by atoms with Gasteiger partial charge in [-0.15, -0.1) is 0 Å². The van der Waals surface area contributed by atoms with Crippen molar-refractivity contribution in [3.63, 3.8) is 0 Å². The van der Waals surface area contributed by atoms with E-state index in [1.54, 1.807) is 12.1 Å². The molecule has 3 aromatic carbocycles. The molecule has 3 heteroatoms. The van der Waals surface area contributed by atoms with Crippen LogP contribution in [0.5, 0.6) is 5.75 Å². The number of benzene rings is 3. The first-order chi connectivity index (χ1) is 10.1. The van der Waals surface area contributed by atoms with E-state index in [-0.39, 0.29) is 11.7 Å². The lowest BCUT2D eigenvalue weighted by molar-refractivity contribution is -0.114. The molecule has 3 rings (SSSR count). The summed E-state index contributed by atoms with van der Waals surface area (Å²) in [5, 5.41) is 14.3. The number of carbonyl (C=O) groups excluding carboxylic acids is 1. The Bertz CT molecular complexity index is 824. The lowest BCUT2D eigenvalue weighted by atomic mass is 10.0. The summed E-state index contributed by atoms with van der Waals surface area (Å²) in [6.45, 7) is 1.50. The first-order valence-corrected chi connectivity index (χ1v) is 6.73. The molecule has 0 fully saturated rings. The standard InChI is InChI=1S/C18H15NO2/c1-12(20)19-17-4-2-3-13(10-17)14-5-6-16-11-18(21)8-7-15(16)9-14/h2-11,21H,1H3,(H,19,20). The Morgan fingerprint density at radius 2 is 1.62 bits per heavy atom. The van der Waals surface area contributed by atoms with Crippen molar-refractivity contribution < 1.29 is 9.90 Å². The van der Waals surface area contributed by atoms with Gasteiger partial charge in [-0.05, 0) is 52.2 Å². The predicted molar refractivity (Wildman–Crippen MR) is 85.4 cm³/mol. The van der Waals surface area contributed by atoms with E-state index in [0.717, 1.165) is 27.6 Å². The summed E-state index contributed by atoms with van der Waals surface area (Å²) in [6.07, 6.45) is 0. The molecule has 0 aliphatic carbocycles. The minimum Gasteiger partial charge on any atom is -0.508 e. The Labute approximate surface area is 122 Å². The van der Waals surface area contributed by atoms with E-state index in [2.05, 4.69) is 11.4 Å². The third-order valence-corrected chi connectivity index (χ3v) is 3.34. The molecule has 0 saturated heterocycles. The molecule has 0 bridgehead atoms. The second-order valence-electron chi connectivity index (χ2n) is 5.01. The van der Waals surface area contributed by atoms with Crippen molar-refractivity contribution in [3.8, 4) is 16.9 Å². The minimum absolute atomic E-state index is 0.0823. The van der Waals surface area contributed by atoms with Gasteiger partial charge in [-0.2, -0.15) is 0 Å². The Morgan fingerprint density at radius 1 is 0.905 bits per heavy atom. The van der Waals surface area contributed by atoms with Gasteiger partial charge >= 0.3 is 0 Å². The van der Waals surface area contributed by atoms with Gasteiger partial charge in [0, 0.05) is 12.6 Å². The van der Waals surface area contributed by atoms with Gasteiger partial charge < -0.3 is 10.4 Å². The van der Waals surface area contributed by atoms with Crippen LogP contribution in [0, 0.1) is 0 Å². The number of carbonyl (C=O) groups is 1. The summed E-state index contributed by atoms with van der Waals surface area (Å²) in [6, 6.07) is 19.1. The highest BCUT2D eigenvalue weighted by Crippen LogP contribution is 2.28. The van der Waals surface area contributed by atoms with Gasteiger partial charge in [0.05, 0.1) is 0 Å². The largest absolute Gasteiger partial charge is 0.508 e. The number of rotatable bonds is 2. The zero-order valence-electron chi connectivity index (χ0n) is 11.6. The number of hydrogen-bond acceptors (Lipinski definition) is 2. The molecule has 104 valence electrons. The second-order valence-corrected chi connectivity index (χ2v) is 5.01. The van der Waals surface area contributed by atoms with Crippen molar-refractivity contribution >= 4 is 22.4 Å². The maximum absolute atomic E-state index is 11.1. The smallest absolute Gasteiger partial charge is 0.221 e. The zero-order valence-corrected chi connectivity index (χ0v) is 11.6. The number of hydrogen-bond donors (Lipinski definition) is 2. The van der Waals surface area contributed by atoms with Gasteiger partial charge in [-0.25, -0.2) is 0 Å². The molecular formula is C18H15NO2. The van der Waals surface area contributed by atoms with E-state index in [1.165, 1.54) is 6.92 Å². The van der Waals surface area contributed by atoms with Crippen molar-refractivity contribution in [3.05, 3.63) is 60.7 Å². The fourth-order valence-electron chi connectivity index (χ4n) is 2.39. The van der Waals surface area contributed by atoms with E-state index in [9.17, 15) is 9.90 Å². The number of aromatic hydroxyl groups is 1. The maximum Gasteiger partial charge on any atom is 0.221 e. The van der Waals surface area contributed by atoms with Crippen molar-refractivity contribution in [1.82, 2.24) is 0 Å². The molecule has 0 aromatic heterocycles. The third kappa shape index (κ3) is 2.87. The minimum atomic E-state index is -0.0823. The van der Waals surface area contributed by atoms with Crippen LogP contribution in [0.15, 0.2) is 60.7 Å². The van der Waals surface area contributed by atoms with E-state index in [1.807, 2.05) is 42.5 Å². The van der Waals surface area contributed by atoms with Crippen LogP contribution in [0.2, 0.25) is 0 Å². The molecule has 0 heterocycles. The van der Waals surface area contributed by atoms with E-state index < -0.39 is 0 Å². The molecule has 0 saturated carbocycles. The molecule has 0 spiro atoms. The van der Waals surface area contributed by atoms with Crippen LogP contribution in [0.4, 0.5) is 5.69 Å². The van der Waals surface area contributed by atoms with E-state index >= 15 is 0 Å². The molecule has 2 N–H and O–H groups in total. The monoisotopic (exact) mass is 277 g/mol. The third-order valence-electron chi connectivity index (χ3n) is 3.34. The van der Waals surface area contributed by atoms with Crippen LogP contribution in [0.25, 0.3) is 21.9 Å². The average Bonchev–Trinajstić information content (AvgIpc) is 2.46. The van der Waals surface area contributed by atoms with Crippen LogP contribution in [-0.4, -0.2) is 11.0 Å². The summed E-state index contributed by atoms with van der Waals surface area (Å²) >= 11 is 0. The molecule has 3 nitrogen and oxygen atoms in total. The second kappa shape index (κ2) is 5.29. The molecule has 1 amide bonds. The molecule has 0 unspecified atom stereocenters. The molecule has 0 atom stereocenters. The molecule has 21 heavy (non-hydrogen) atoms. The molecule has 3 aromatic rings. The van der Waals surface area contributed by atoms with Crippen molar-refractivity contribution in [2.24, 2.45) is 0 Å². The number of phenols is 1. The first kappa shape index (κ1) is 13.2. The number of nitrogens with one attached hydrogen (secondary N) is 1. The summed E-state index contributed by atoms with van der Waals surface area (Å²) in [5.74, 6) is 0.184. The normalized spacial score (nSPS) is 10.5. The van der Waals surface area contributed by atoms with Gasteiger partial charge in [0.15, 0.2) is 0 Å². The Kier molecular flexibility index (Phi) is 3.32. The van der Waals surface area contributed by atoms with Gasteiger partial charge in [0.1, 0.15) is 5.75 Å². The first-order valence-electron chi connectivity index (χ1n) is 6.73. The fraction of sp³-hybridized carbons (Fsp3) is 0.0556. The van der Waals surface area contributed by atoms with Gasteiger partial charge in [0.25, 0.3) is 0 Å². The van der Waals surface area contributed by atoms with Gasteiger partial charge in [-0.3, -0.25) is 4.79 Å². The summed E-state index contributed by atoms with van der Waals surface area (Å²) in [7, 11) is 0. The van der Waals surface area contributed by atoms with E-state index in [0.29, 0.717) is 0 Å². The highest BCUT2D eigenvalue weighted by molar-refractivity contribution is 5.91. The van der Waals surface area contributed by atoms with Crippen LogP contribution >= 0.6 is 0 Å². The van der Waals surface area contributed by atoms with Crippen molar-refractivity contribution in [2.75, 3.05) is 5.32 Å². The molecular weight excluding hydrogens is 262 g/mol. The lowest BCUT2D eigenvalue weighted by Crippen LogP contribution is -2.05. The van der Waals surface area contributed by atoms with Crippen LogP contribution in [0.1, 0.15) is 6.92 Å². The topological polar surface area (TPSA) is 49.3 Å². The zero-order chi connectivity index (χ0) is 14.8. The highest BCUT2D eigenvalue weighted by atomic mass is 16.3. The molecule has 0 aliphatic rings. The number of anilines is 1. The van der Waals surface area contributed by atoms with Crippen molar-refractivity contribution in [1.29, 1.82) is 0 Å². The maximum atomic E-state index is 11.1. The lowest BCUT2D eigenvalue weighted by Gasteiger charge is -2.07. The van der Waals surface area contributed by atoms with Crippen molar-refractivity contribution in [2.45, 2.75) is 6.92 Å². The Balaban J connectivity index is 2.03. The van der Waals surface area contributed by atoms with Gasteiger partial charge in [-0.1, -0.05) is 30.3 Å².